The van der Waals surface area contributed by atoms with Crippen LogP contribution < -0.4 is 10.2 Å². The van der Waals surface area contributed by atoms with Crippen molar-refractivity contribution >= 4 is 40.9 Å². The van der Waals surface area contributed by atoms with Crippen LogP contribution in [0.15, 0.2) is 54.6 Å². The van der Waals surface area contributed by atoms with Crippen molar-refractivity contribution in [2.75, 3.05) is 36.4 Å². The third-order valence-electron chi connectivity index (χ3n) is 4.86. The Morgan fingerprint density at radius 2 is 1.79 bits per heavy atom. The van der Waals surface area contributed by atoms with Crippen LogP contribution in [0.3, 0.4) is 0 Å². The highest BCUT2D eigenvalue weighted by molar-refractivity contribution is 6.31. The Morgan fingerprint density at radius 1 is 1.07 bits per heavy atom. The Hall–Kier alpha value is -2.79. The van der Waals surface area contributed by atoms with E-state index in [4.69, 9.17) is 11.6 Å². The van der Waals surface area contributed by atoms with Crippen molar-refractivity contribution in [1.29, 1.82) is 0 Å². The van der Waals surface area contributed by atoms with Crippen LogP contribution in [0.1, 0.15) is 25.3 Å². The van der Waals surface area contributed by atoms with Gasteiger partial charge >= 0.3 is 0 Å². The normalized spacial score (nSPS) is 14.3. The van der Waals surface area contributed by atoms with Crippen molar-refractivity contribution in [3.63, 3.8) is 0 Å². The summed E-state index contributed by atoms with van der Waals surface area (Å²) in [6.07, 6.45) is 4.74. The average molecular weight is 412 g/mol. The maximum atomic E-state index is 12.5. The summed E-state index contributed by atoms with van der Waals surface area (Å²) >= 11 is 6.14. The van der Waals surface area contributed by atoms with Gasteiger partial charge in [-0.05, 0) is 36.3 Å². The fourth-order valence-electron chi connectivity index (χ4n) is 3.33. The van der Waals surface area contributed by atoms with Crippen molar-refractivity contribution in [2.45, 2.75) is 19.8 Å². The minimum absolute atomic E-state index is 0.0149. The lowest BCUT2D eigenvalue weighted by Gasteiger charge is -2.36. The zero-order chi connectivity index (χ0) is 20.6. The van der Waals surface area contributed by atoms with Crippen molar-refractivity contribution in [3.05, 3.63) is 65.2 Å². The fourth-order valence-corrected chi connectivity index (χ4v) is 3.50. The zero-order valence-electron chi connectivity index (χ0n) is 16.6. The lowest BCUT2D eigenvalue weighted by Crippen LogP contribution is -2.48. The molecule has 3 rings (SSSR count). The molecule has 2 amide bonds. The van der Waals surface area contributed by atoms with Gasteiger partial charge in [0.1, 0.15) is 0 Å². The number of anilines is 2. The summed E-state index contributed by atoms with van der Waals surface area (Å²) in [5, 5.41) is 3.55. The molecule has 2 aromatic rings. The first-order chi connectivity index (χ1) is 14.1. The SMILES string of the molecule is CCCC(=O)Nc1cc(Cl)ccc1N1CCN(C(=O)/C=C/c2ccccc2)CC1. The topological polar surface area (TPSA) is 52.7 Å². The summed E-state index contributed by atoms with van der Waals surface area (Å²) in [6.45, 7) is 4.62. The van der Waals surface area contributed by atoms with Crippen LogP contribution in [-0.2, 0) is 9.59 Å². The molecule has 0 saturated carbocycles. The monoisotopic (exact) mass is 411 g/mol. The van der Waals surface area contributed by atoms with Crippen molar-refractivity contribution in [3.8, 4) is 0 Å². The van der Waals surface area contributed by atoms with E-state index in [1.54, 1.807) is 12.1 Å². The number of hydrogen-bond donors (Lipinski definition) is 1. The summed E-state index contributed by atoms with van der Waals surface area (Å²) in [7, 11) is 0. The summed E-state index contributed by atoms with van der Waals surface area (Å²) in [5.41, 5.74) is 2.67. The number of carbonyl (C=O) groups is 2. The summed E-state index contributed by atoms with van der Waals surface area (Å²) in [5.74, 6) is -0.00281. The minimum atomic E-state index is -0.0177. The lowest BCUT2D eigenvalue weighted by molar-refractivity contribution is -0.126. The number of hydrogen-bond acceptors (Lipinski definition) is 3. The first-order valence-electron chi connectivity index (χ1n) is 9.93. The zero-order valence-corrected chi connectivity index (χ0v) is 17.4. The molecule has 2 aromatic carbocycles. The van der Waals surface area contributed by atoms with Crippen molar-refractivity contribution < 1.29 is 9.59 Å². The molecule has 1 saturated heterocycles. The fraction of sp³-hybridized carbons (Fsp3) is 0.304. The van der Waals surface area contributed by atoms with Gasteiger partial charge in [-0.15, -0.1) is 0 Å². The van der Waals surface area contributed by atoms with Crippen molar-refractivity contribution in [1.82, 2.24) is 4.90 Å². The Morgan fingerprint density at radius 3 is 2.48 bits per heavy atom. The number of piperazine rings is 1. The van der Waals surface area contributed by atoms with Gasteiger partial charge in [0.2, 0.25) is 11.8 Å². The molecule has 152 valence electrons. The van der Waals surface area contributed by atoms with Crippen LogP contribution in [0.2, 0.25) is 5.02 Å². The molecule has 0 atom stereocenters. The third kappa shape index (κ3) is 5.84. The molecule has 0 aromatic heterocycles. The Balaban J connectivity index is 1.62. The summed E-state index contributed by atoms with van der Waals surface area (Å²) in [6, 6.07) is 15.3. The first-order valence-corrected chi connectivity index (χ1v) is 10.3. The van der Waals surface area contributed by atoms with Crippen LogP contribution in [0.5, 0.6) is 0 Å². The molecule has 29 heavy (non-hydrogen) atoms. The van der Waals surface area contributed by atoms with E-state index < -0.39 is 0 Å². The summed E-state index contributed by atoms with van der Waals surface area (Å²) < 4.78 is 0. The molecular weight excluding hydrogens is 386 g/mol. The molecule has 0 spiro atoms. The van der Waals surface area contributed by atoms with Gasteiger partial charge in [0.05, 0.1) is 11.4 Å². The maximum Gasteiger partial charge on any atom is 0.246 e. The maximum absolute atomic E-state index is 12.5. The molecule has 0 unspecified atom stereocenters. The number of nitrogens with one attached hydrogen (secondary N) is 1. The van der Waals surface area contributed by atoms with E-state index in [2.05, 4.69) is 10.2 Å². The number of halogens is 1. The highest BCUT2D eigenvalue weighted by atomic mass is 35.5. The van der Waals surface area contributed by atoms with Crippen molar-refractivity contribution in [2.24, 2.45) is 0 Å². The number of carbonyl (C=O) groups excluding carboxylic acids is 2. The molecule has 1 aliphatic rings. The molecule has 1 fully saturated rings. The molecule has 0 radical (unpaired) electrons. The number of amides is 2. The van der Waals surface area contributed by atoms with E-state index in [9.17, 15) is 9.59 Å². The van der Waals surface area contributed by atoms with E-state index in [0.29, 0.717) is 37.6 Å². The van der Waals surface area contributed by atoms with E-state index in [1.807, 2.05) is 60.4 Å². The molecule has 5 nitrogen and oxygen atoms in total. The number of rotatable bonds is 6. The van der Waals surface area contributed by atoms with Gasteiger partial charge in [0.15, 0.2) is 0 Å². The lowest BCUT2D eigenvalue weighted by atomic mass is 10.2. The minimum Gasteiger partial charge on any atom is -0.366 e. The smallest absolute Gasteiger partial charge is 0.246 e. The number of benzene rings is 2. The molecule has 1 N–H and O–H groups in total. The Kier molecular flexibility index (Phi) is 7.30. The largest absolute Gasteiger partial charge is 0.366 e. The van der Waals surface area contributed by atoms with E-state index in [1.165, 1.54) is 0 Å². The quantitative estimate of drug-likeness (QED) is 0.715. The standard InChI is InChI=1S/C23H26ClN3O2/c1-2-6-22(28)25-20-17-19(24)10-11-21(20)26-13-15-27(16-14-26)23(29)12-9-18-7-4-3-5-8-18/h3-5,7-12,17H,2,6,13-16H2,1H3,(H,25,28)/b12-9+. The van der Waals surface area contributed by atoms with Crippen LogP contribution in [0.25, 0.3) is 6.08 Å². The second-order valence-corrected chi connectivity index (χ2v) is 7.45. The molecule has 1 heterocycles. The molecule has 0 bridgehead atoms. The molecule has 1 aliphatic heterocycles. The predicted octanol–water partition coefficient (Wildman–Crippen LogP) is 4.44. The molecular formula is C23H26ClN3O2. The predicted molar refractivity (Wildman–Crippen MR) is 119 cm³/mol. The van der Waals surface area contributed by atoms with E-state index in [-0.39, 0.29) is 11.8 Å². The van der Waals surface area contributed by atoms with E-state index in [0.717, 1.165) is 23.4 Å². The second kappa shape index (κ2) is 10.1. The summed E-state index contributed by atoms with van der Waals surface area (Å²) in [4.78, 5) is 28.6. The first kappa shape index (κ1) is 20.9. The van der Waals surface area contributed by atoms with Gasteiger partial charge < -0.3 is 15.1 Å². The van der Waals surface area contributed by atoms with Gasteiger partial charge in [-0.2, -0.15) is 0 Å². The number of nitrogens with zero attached hydrogens (tertiary/aromatic N) is 2. The molecule has 0 aliphatic carbocycles. The van der Waals surface area contributed by atoms with Gasteiger partial charge in [0.25, 0.3) is 0 Å². The molecule has 6 heteroatoms. The van der Waals surface area contributed by atoms with Gasteiger partial charge in [-0.1, -0.05) is 48.9 Å². The van der Waals surface area contributed by atoms with Crippen LogP contribution >= 0.6 is 11.6 Å². The van der Waals surface area contributed by atoms with Gasteiger partial charge in [-0.3, -0.25) is 9.59 Å². The van der Waals surface area contributed by atoms with Crippen LogP contribution in [-0.4, -0.2) is 42.9 Å². The van der Waals surface area contributed by atoms with E-state index >= 15 is 0 Å². The highest BCUT2D eigenvalue weighted by Crippen LogP contribution is 2.30. The van der Waals surface area contributed by atoms with Gasteiger partial charge in [-0.25, -0.2) is 0 Å². The Bertz CT molecular complexity index is 875. The van der Waals surface area contributed by atoms with Crippen LogP contribution in [0, 0.1) is 0 Å². The highest BCUT2D eigenvalue weighted by Gasteiger charge is 2.22. The second-order valence-electron chi connectivity index (χ2n) is 7.02. The van der Waals surface area contributed by atoms with Gasteiger partial charge in [0, 0.05) is 43.7 Å². The third-order valence-corrected chi connectivity index (χ3v) is 5.09. The van der Waals surface area contributed by atoms with Crippen LogP contribution in [0.4, 0.5) is 11.4 Å². The average Bonchev–Trinajstić information content (AvgIpc) is 2.73. The Labute approximate surface area is 177 Å².